The molecule has 16 nitrogen and oxygen atoms in total. The van der Waals surface area contributed by atoms with E-state index in [1.54, 1.807) is 66.7 Å². The van der Waals surface area contributed by atoms with Crippen LogP contribution in [0.25, 0.3) is 10.9 Å². The molecule has 0 radical (unpaired) electrons. The van der Waals surface area contributed by atoms with Crippen LogP contribution in [-0.2, 0) is 33.6 Å². The zero-order chi connectivity index (χ0) is 38.4. The van der Waals surface area contributed by atoms with E-state index >= 15 is 0 Å². The number of methoxy groups -OCH3 is 1. The number of carbonyl (C=O) groups excluding carboxylic acids is 4. The number of rotatable bonds is 12. The maximum absolute atomic E-state index is 14.5. The summed E-state index contributed by atoms with van der Waals surface area (Å²) in [6.45, 7) is 13.8. The number of hydrogen-bond donors (Lipinski definition) is 3. The number of hydrogen-bond acceptors (Lipinski definition) is 12. The van der Waals surface area contributed by atoms with Crippen molar-refractivity contribution in [3.05, 3.63) is 24.4 Å². The van der Waals surface area contributed by atoms with Gasteiger partial charge in [0, 0.05) is 17.9 Å². The van der Waals surface area contributed by atoms with E-state index in [1.807, 2.05) is 11.6 Å². The summed E-state index contributed by atoms with van der Waals surface area (Å²) in [5, 5.41) is 14.3. The summed E-state index contributed by atoms with van der Waals surface area (Å²) in [5.41, 5.74) is -3.55. The third-order valence-corrected chi connectivity index (χ3v) is 10.6. The molecule has 5 rings (SSSR count). The zero-order valence-electron chi connectivity index (χ0n) is 31.2. The molecule has 0 bridgehead atoms. The lowest BCUT2D eigenvalue weighted by atomic mass is 9.85. The SMILES string of the molecule is CC[C@@H]1C[C@]1(NC(=O)[C@@H]1C[C@@H](Oc2cnnc3cc(OC)ccc23)CN1C(=O)[C@@H](NC(=O)OC(C)(C)C)C(C)(C)C)C(=O)NS(=O)(=O)OC1(C)CC1. The number of nitrogens with one attached hydrogen (secondary N) is 3. The molecule has 1 aromatic carbocycles. The van der Waals surface area contributed by atoms with Gasteiger partial charge < -0.3 is 29.7 Å². The first kappa shape index (κ1) is 39.0. The molecule has 1 saturated heterocycles. The smallest absolute Gasteiger partial charge is 0.408 e. The number of ether oxygens (including phenoxy) is 3. The van der Waals surface area contributed by atoms with E-state index in [1.165, 1.54) is 18.2 Å². The van der Waals surface area contributed by atoms with Gasteiger partial charge in [0.2, 0.25) is 11.8 Å². The van der Waals surface area contributed by atoms with Crippen LogP contribution in [0.2, 0.25) is 0 Å². The molecule has 1 aromatic heterocycles. The summed E-state index contributed by atoms with van der Waals surface area (Å²) in [6, 6.07) is 2.92. The Balaban J connectivity index is 1.43. The number of aromatic nitrogens is 2. The highest BCUT2D eigenvalue weighted by Gasteiger charge is 2.62. The standard InChI is InChI=1S/C35H50N6O10S/c1-10-20-17-35(20,30(44)40-52(46,47)51-34(8)13-14-34)38-28(42)25-16-22(49-26-18-36-39-24-15-21(48-9)11-12-23(24)26)19-41(25)29(43)27(32(2,3)4)37-31(45)50-33(5,6)7/h11-12,15,18,20,22,25,27H,10,13-14,16-17,19H2,1-9H3,(H,37,45)(H,38,42)(H,40,44)/t20-,22-,25+,27-,35-/m1/s1. The normalized spacial score (nSPS) is 24.4. The number of carbonyl (C=O) groups is 4. The van der Waals surface area contributed by atoms with Gasteiger partial charge in [-0.2, -0.15) is 18.6 Å². The number of likely N-dealkylation sites (tertiary alicyclic amines) is 1. The van der Waals surface area contributed by atoms with Gasteiger partial charge in [-0.25, -0.2) is 13.7 Å². The Hall–Kier alpha value is -4.25. The first-order valence-electron chi connectivity index (χ1n) is 17.4. The number of benzene rings is 1. The number of fused-ring (bicyclic) bond motifs is 1. The van der Waals surface area contributed by atoms with Crippen molar-refractivity contribution in [1.82, 2.24) is 30.5 Å². The van der Waals surface area contributed by atoms with Gasteiger partial charge in [0.05, 0.1) is 25.5 Å². The molecule has 2 aliphatic carbocycles. The van der Waals surface area contributed by atoms with Crippen LogP contribution < -0.4 is 24.8 Å². The van der Waals surface area contributed by atoms with Crippen molar-refractivity contribution in [2.75, 3.05) is 13.7 Å². The fraction of sp³-hybridized carbons (Fsp3) is 0.657. The van der Waals surface area contributed by atoms with Crippen molar-refractivity contribution >= 4 is 45.0 Å². The number of nitrogens with zero attached hydrogens (tertiary/aromatic N) is 3. The third kappa shape index (κ3) is 8.85. The molecular weight excluding hydrogens is 696 g/mol. The van der Waals surface area contributed by atoms with Crippen molar-refractivity contribution in [3.8, 4) is 11.5 Å². The molecule has 286 valence electrons. The van der Waals surface area contributed by atoms with Crippen molar-refractivity contribution in [1.29, 1.82) is 0 Å². The number of amides is 4. The van der Waals surface area contributed by atoms with Crippen LogP contribution in [0.3, 0.4) is 0 Å². The molecule has 17 heteroatoms. The van der Waals surface area contributed by atoms with E-state index in [9.17, 15) is 27.6 Å². The van der Waals surface area contributed by atoms with Gasteiger partial charge in [0.15, 0.2) is 0 Å². The third-order valence-electron chi connectivity index (χ3n) is 9.56. The van der Waals surface area contributed by atoms with Crippen LogP contribution in [0.5, 0.6) is 11.5 Å². The second-order valence-corrected chi connectivity index (χ2v) is 17.5. The fourth-order valence-corrected chi connectivity index (χ4v) is 7.54. The average Bonchev–Trinajstić information content (AvgIpc) is 3.90. The minimum Gasteiger partial charge on any atom is -0.497 e. The van der Waals surface area contributed by atoms with Crippen molar-refractivity contribution in [3.63, 3.8) is 0 Å². The predicted molar refractivity (Wildman–Crippen MR) is 188 cm³/mol. The van der Waals surface area contributed by atoms with Gasteiger partial charge >= 0.3 is 16.4 Å². The quantitative estimate of drug-likeness (QED) is 0.287. The Bertz CT molecular complexity index is 1840. The molecule has 3 N–H and O–H groups in total. The van der Waals surface area contributed by atoms with Gasteiger partial charge in [-0.05, 0) is 70.4 Å². The van der Waals surface area contributed by atoms with Gasteiger partial charge in [-0.1, -0.05) is 34.1 Å². The molecule has 52 heavy (non-hydrogen) atoms. The topological polar surface area (TPSA) is 204 Å². The summed E-state index contributed by atoms with van der Waals surface area (Å²) < 4.78 is 49.8. The van der Waals surface area contributed by atoms with Crippen molar-refractivity contribution < 1.29 is 46.0 Å². The molecule has 2 aromatic rings. The zero-order valence-corrected chi connectivity index (χ0v) is 32.0. The maximum Gasteiger partial charge on any atom is 0.408 e. The summed E-state index contributed by atoms with van der Waals surface area (Å²) in [7, 11) is -2.92. The summed E-state index contributed by atoms with van der Waals surface area (Å²) in [5.74, 6) is -1.58. The lowest BCUT2D eigenvalue weighted by Crippen LogP contribution is -2.60. The van der Waals surface area contributed by atoms with Crippen LogP contribution in [0.1, 0.15) is 87.5 Å². The Morgan fingerprint density at radius 3 is 2.37 bits per heavy atom. The molecule has 1 aliphatic heterocycles. The molecule has 2 heterocycles. The fourth-order valence-electron chi connectivity index (χ4n) is 6.39. The Morgan fingerprint density at radius 1 is 1.10 bits per heavy atom. The molecule has 4 amide bonds. The molecule has 3 aliphatic rings. The summed E-state index contributed by atoms with van der Waals surface area (Å²) in [6.07, 6.45) is 1.66. The average molecular weight is 747 g/mol. The minimum absolute atomic E-state index is 0.00903. The first-order valence-corrected chi connectivity index (χ1v) is 18.9. The lowest BCUT2D eigenvalue weighted by Gasteiger charge is -2.36. The van der Waals surface area contributed by atoms with Gasteiger partial charge in [-0.15, -0.1) is 0 Å². The lowest BCUT2D eigenvalue weighted by molar-refractivity contribution is -0.143. The van der Waals surface area contributed by atoms with Gasteiger partial charge in [0.25, 0.3) is 5.91 Å². The van der Waals surface area contributed by atoms with Crippen LogP contribution in [-0.4, -0.2) is 95.9 Å². The molecule has 5 atom stereocenters. The maximum atomic E-state index is 14.5. The van der Waals surface area contributed by atoms with Gasteiger partial charge in [0.1, 0.15) is 46.3 Å². The highest BCUT2D eigenvalue weighted by atomic mass is 32.2. The van der Waals surface area contributed by atoms with E-state index in [0.29, 0.717) is 41.7 Å². The Morgan fingerprint density at radius 2 is 1.79 bits per heavy atom. The monoisotopic (exact) mass is 746 g/mol. The molecule has 3 fully saturated rings. The van der Waals surface area contributed by atoms with Crippen LogP contribution in [0.4, 0.5) is 4.79 Å². The molecule has 0 spiro atoms. The highest BCUT2D eigenvalue weighted by Crippen LogP contribution is 2.47. The van der Waals surface area contributed by atoms with E-state index < -0.39 is 74.5 Å². The highest BCUT2D eigenvalue weighted by molar-refractivity contribution is 7.85. The molecular formula is C35H50N6O10S. The Kier molecular flexibility index (Phi) is 10.5. The second kappa shape index (κ2) is 14.0. The van der Waals surface area contributed by atoms with E-state index in [0.717, 1.165) is 0 Å². The van der Waals surface area contributed by atoms with Crippen LogP contribution in [0.15, 0.2) is 24.4 Å². The summed E-state index contributed by atoms with van der Waals surface area (Å²) in [4.78, 5) is 56.6. The van der Waals surface area contributed by atoms with Gasteiger partial charge in [-0.3, -0.25) is 14.4 Å². The van der Waals surface area contributed by atoms with E-state index in [4.69, 9.17) is 18.4 Å². The van der Waals surface area contributed by atoms with E-state index in [-0.39, 0.29) is 25.3 Å². The molecule has 2 saturated carbocycles. The second-order valence-electron chi connectivity index (χ2n) is 16.2. The number of alkyl carbamates (subject to hydrolysis) is 1. The largest absolute Gasteiger partial charge is 0.497 e. The first-order chi connectivity index (χ1) is 24.1. The Labute approximate surface area is 304 Å². The van der Waals surface area contributed by atoms with Crippen molar-refractivity contribution in [2.45, 2.75) is 122 Å². The summed E-state index contributed by atoms with van der Waals surface area (Å²) >= 11 is 0. The van der Waals surface area contributed by atoms with Crippen molar-refractivity contribution in [2.24, 2.45) is 11.3 Å². The molecule has 0 unspecified atom stereocenters. The van der Waals surface area contributed by atoms with Crippen LogP contribution >= 0.6 is 0 Å². The van der Waals surface area contributed by atoms with Crippen LogP contribution in [0, 0.1) is 11.3 Å². The minimum atomic E-state index is -4.45. The van der Waals surface area contributed by atoms with E-state index in [2.05, 4.69) is 20.8 Å². The predicted octanol–water partition coefficient (Wildman–Crippen LogP) is 3.14.